The normalized spacial score (nSPS) is 11.2. The van der Waals surface area contributed by atoms with Gasteiger partial charge in [0.15, 0.2) is 0 Å². The van der Waals surface area contributed by atoms with Gasteiger partial charge in [0.05, 0.1) is 11.0 Å². The second-order valence-electron chi connectivity index (χ2n) is 5.08. The van der Waals surface area contributed by atoms with Gasteiger partial charge in [0.1, 0.15) is 3.70 Å². The second kappa shape index (κ2) is 5.59. The SMILES string of the molecule is Brc1cnc2ccc(-c3cc4ccccc4nc3I)cc2c1. The summed E-state index contributed by atoms with van der Waals surface area (Å²) in [6.45, 7) is 0. The third-order valence-corrected chi connectivity index (χ3v) is 4.89. The largest absolute Gasteiger partial charge is 0.255 e. The minimum atomic E-state index is 0.989. The Hall–Kier alpha value is -1.53. The van der Waals surface area contributed by atoms with Crippen LogP contribution in [0.3, 0.4) is 0 Å². The second-order valence-corrected chi connectivity index (χ2v) is 7.02. The first-order chi connectivity index (χ1) is 10.7. The summed E-state index contributed by atoms with van der Waals surface area (Å²) < 4.78 is 2.00. The minimum absolute atomic E-state index is 0.989. The van der Waals surface area contributed by atoms with Gasteiger partial charge in [-0.1, -0.05) is 24.3 Å². The molecule has 0 atom stereocenters. The van der Waals surface area contributed by atoms with Crippen molar-refractivity contribution in [3.63, 3.8) is 0 Å². The van der Waals surface area contributed by atoms with E-state index in [1.54, 1.807) is 0 Å². The zero-order valence-electron chi connectivity index (χ0n) is 11.4. The molecule has 0 unspecified atom stereocenters. The first-order valence-electron chi connectivity index (χ1n) is 6.82. The van der Waals surface area contributed by atoms with Gasteiger partial charge >= 0.3 is 0 Å². The highest BCUT2D eigenvalue weighted by Crippen LogP contribution is 2.30. The highest BCUT2D eigenvalue weighted by Gasteiger charge is 2.08. The van der Waals surface area contributed by atoms with Crippen molar-refractivity contribution >= 4 is 60.3 Å². The predicted octanol–water partition coefficient (Wildman–Crippen LogP) is 5.82. The molecule has 22 heavy (non-hydrogen) atoms. The molecule has 0 saturated heterocycles. The zero-order chi connectivity index (χ0) is 15.1. The fourth-order valence-electron chi connectivity index (χ4n) is 2.57. The lowest BCUT2D eigenvalue weighted by molar-refractivity contribution is 1.34. The Morgan fingerprint density at radius 3 is 2.64 bits per heavy atom. The van der Waals surface area contributed by atoms with Gasteiger partial charge in [-0.2, -0.15) is 0 Å². The van der Waals surface area contributed by atoms with Crippen molar-refractivity contribution in [2.24, 2.45) is 0 Å². The van der Waals surface area contributed by atoms with Gasteiger partial charge < -0.3 is 0 Å². The topological polar surface area (TPSA) is 25.8 Å². The Morgan fingerprint density at radius 1 is 0.864 bits per heavy atom. The average Bonchev–Trinajstić information content (AvgIpc) is 2.53. The number of nitrogens with zero attached hydrogens (tertiary/aromatic N) is 2. The summed E-state index contributed by atoms with van der Waals surface area (Å²) in [5, 5.41) is 2.28. The van der Waals surface area contributed by atoms with E-state index in [-0.39, 0.29) is 0 Å². The fourth-order valence-corrected chi connectivity index (χ4v) is 3.64. The van der Waals surface area contributed by atoms with Crippen LogP contribution in [0.4, 0.5) is 0 Å². The van der Waals surface area contributed by atoms with Crippen molar-refractivity contribution in [3.8, 4) is 11.1 Å². The Balaban J connectivity index is 1.95. The van der Waals surface area contributed by atoms with E-state index in [4.69, 9.17) is 4.98 Å². The predicted molar refractivity (Wildman–Crippen MR) is 103 cm³/mol. The molecule has 4 aromatic rings. The zero-order valence-corrected chi connectivity index (χ0v) is 15.2. The first kappa shape index (κ1) is 14.1. The van der Waals surface area contributed by atoms with Gasteiger partial charge in [0.25, 0.3) is 0 Å². The van der Waals surface area contributed by atoms with E-state index in [1.165, 1.54) is 0 Å². The number of para-hydroxylation sites is 1. The van der Waals surface area contributed by atoms with E-state index in [1.807, 2.05) is 24.4 Å². The molecule has 2 aromatic heterocycles. The molecule has 0 aliphatic heterocycles. The van der Waals surface area contributed by atoms with Crippen LogP contribution in [0.1, 0.15) is 0 Å². The average molecular weight is 461 g/mol. The number of fused-ring (bicyclic) bond motifs is 2. The third kappa shape index (κ3) is 2.50. The lowest BCUT2D eigenvalue weighted by atomic mass is 10.0. The van der Waals surface area contributed by atoms with E-state index < -0.39 is 0 Å². The standard InChI is InChI=1S/C18H10BrIN2/c19-14-8-13-7-11(5-6-16(13)21-10-14)15-9-12-3-1-2-4-17(12)22-18(15)20/h1-10H. The highest BCUT2D eigenvalue weighted by molar-refractivity contribution is 14.1. The van der Waals surface area contributed by atoms with Gasteiger partial charge in [-0.15, -0.1) is 0 Å². The Labute approximate surface area is 149 Å². The van der Waals surface area contributed by atoms with Crippen molar-refractivity contribution in [1.82, 2.24) is 9.97 Å². The summed E-state index contributed by atoms with van der Waals surface area (Å²) in [5.41, 5.74) is 4.34. The Bertz CT molecular complexity index is 1010. The number of halogens is 2. The van der Waals surface area contributed by atoms with E-state index in [0.717, 1.165) is 41.1 Å². The first-order valence-corrected chi connectivity index (χ1v) is 8.69. The molecule has 2 nitrogen and oxygen atoms in total. The summed E-state index contributed by atoms with van der Waals surface area (Å²) in [6.07, 6.45) is 1.82. The molecule has 0 fully saturated rings. The third-order valence-electron chi connectivity index (χ3n) is 3.64. The summed E-state index contributed by atoms with van der Waals surface area (Å²) in [6, 6.07) is 18.8. The molecule has 106 valence electrons. The molecular formula is C18H10BrIN2. The van der Waals surface area contributed by atoms with E-state index in [0.29, 0.717) is 0 Å². The van der Waals surface area contributed by atoms with E-state index in [2.05, 4.69) is 79.9 Å². The van der Waals surface area contributed by atoms with Crippen molar-refractivity contribution in [1.29, 1.82) is 0 Å². The van der Waals surface area contributed by atoms with Crippen molar-refractivity contribution < 1.29 is 0 Å². The number of hydrogen-bond donors (Lipinski definition) is 0. The highest BCUT2D eigenvalue weighted by atomic mass is 127. The summed E-state index contributed by atoms with van der Waals surface area (Å²) >= 11 is 5.79. The maximum Gasteiger partial charge on any atom is 0.109 e. The van der Waals surface area contributed by atoms with Crippen LogP contribution >= 0.6 is 38.5 Å². The van der Waals surface area contributed by atoms with Gasteiger partial charge in [-0.3, -0.25) is 4.98 Å². The molecule has 0 saturated carbocycles. The maximum atomic E-state index is 4.71. The van der Waals surface area contributed by atoms with Crippen LogP contribution in [0.25, 0.3) is 32.9 Å². The summed E-state index contributed by atoms with van der Waals surface area (Å²) in [5.74, 6) is 0. The van der Waals surface area contributed by atoms with E-state index in [9.17, 15) is 0 Å². The molecule has 4 heteroatoms. The van der Waals surface area contributed by atoms with Crippen LogP contribution in [0.15, 0.2) is 65.3 Å². The smallest absolute Gasteiger partial charge is 0.109 e. The van der Waals surface area contributed by atoms with Crippen molar-refractivity contribution in [3.05, 3.63) is 69.0 Å². The fraction of sp³-hybridized carbons (Fsp3) is 0. The minimum Gasteiger partial charge on any atom is -0.255 e. The maximum absolute atomic E-state index is 4.71. The molecule has 0 bridgehead atoms. The molecule has 0 aliphatic rings. The number of hydrogen-bond acceptors (Lipinski definition) is 2. The van der Waals surface area contributed by atoms with Crippen LogP contribution in [0, 0.1) is 3.70 Å². The Morgan fingerprint density at radius 2 is 1.73 bits per heavy atom. The van der Waals surface area contributed by atoms with Crippen LogP contribution in [0.2, 0.25) is 0 Å². The number of benzene rings is 2. The summed E-state index contributed by atoms with van der Waals surface area (Å²) in [7, 11) is 0. The van der Waals surface area contributed by atoms with Crippen LogP contribution in [-0.4, -0.2) is 9.97 Å². The van der Waals surface area contributed by atoms with Gasteiger partial charge in [-0.25, -0.2) is 4.98 Å². The quantitative estimate of drug-likeness (QED) is 0.264. The molecule has 0 amide bonds. The molecular weight excluding hydrogens is 451 g/mol. The van der Waals surface area contributed by atoms with Gasteiger partial charge in [-0.05, 0) is 74.4 Å². The van der Waals surface area contributed by atoms with Crippen LogP contribution in [0.5, 0.6) is 0 Å². The number of rotatable bonds is 1. The molecule has 0 N–H and O–H groups in total. The van der Waals surface area contributed by atoms with Gasteiger partial charge in [0.2, 0.25) is 0 Å². The molecule has 4 rings (SSSR count). The molecule has 0 radical (unpaired) electrons. The summed E-state index contributed by atoms with van der Waals surface area (Å²) in [4.78, 5) is 9.13. The van der Waals surface area contributed by atoms with Gasteiger partial charge in [0, 0.05) is 27.0 Å². The lowest BCUT2D eigenvalue weighted by Gasteiger charge is -2.08. The number of aromatic nitrogens is 2. The lowest BCUT2D eigenvalue weighted by Crippen LogP contribution is -1.90. The monoisotopic (exact) mass is 460 g/mol. The molecule has 2 aromatic carbocycles. The Kier molecular flexibility index (Phi) is 3.58. The van der Waals surface area contributed by atoms with Crippen molar-refractivity contribution in [2.75, 3.05) is 0 Å². The van der Waals surface area contributed by atoms with Crippen molar-refractivity contribution in [2.45, 2.75) is 0 Å². The van der Waals surface area contributed by atoms with Crippen LogP contribution < -0.4 is 0 Å². The van der Waals surface area contributed by atoms with E-state index >= 15 is 0 Å². The number of pyridine rings is 2. The molecule has 0 spiro atoms. The molecule has 0 aliphatic carbocycles. The molecule has 2 heterocycles. The van der Waals surface area contributed by atoms with Crippen LogP contribution in [-0.2, 0) is 0 Å².